The van der Waals surface area contributed by atoms with Crippen LogP contribution in [-0.4, -0.2) is 6.61 Å². The molecule has 12 heavy (non-hydrogen) atoms. The topological polar surface area (TPSA) is 9.23 Å². The highest BCUT2D eigenvalue weighted by Gasteiger charge is 2.09. The molecule has 0 aromatic rings. The number of hydrogen-bond acceptors (Lipinski definition) is 1. The van der Waals surface area contributed by atoms with Gasteiger partial charge in [0.1, 0.15) is 5.76 Å². The summed E-state index contributed by atoms with van der Waals surface area (Å²) in [5, 5.41) is 0. The van der Waals surface area contributed by atoms with E-state index < -0.39 is 0 Å². The summed E-state index contributed by atoms with van der Waals surface area (Å²) in [6.45, 7) is 3.17. The first-order chi connectivity index (χ1) is 5.84. The maximum Gasteiger partial charge on any atom is 0.105 e. The van der Waals surface area contributed by atoms with E-state index in [0.29, 0.717) is 0 Å². The van der Waals surface area contributed by atoms with Crippen LogP contribution in [0, 0.1) is 0 Å². The zero-order valence-corrected chi connectivity index (χ0v) is 9.89. The predicted molar refractivity (Wildman–Crippen MR) is 60.4 cm³/mol. The van der Waals surface area contributed by atoms with Gasteiger partial charge in [0.15, 0.2) is 0 Å². The van der Waals surface area contributed by atoms with Gasteiger partial charge in [-0.1, -0.05) is 13.3 Å². The Bertz CT molecular complexity index is 155. The van der Waals surface area contributed by atoms with Crippen molar-refractivity contribution in [3.05, 3.63) is 9.34 Å². The van der Waals surface area contributed by atoms with Gasteiger partial charge in [0, 0.05) is 10.0 Å². The summed E-state index contributed by atoms with van der Waals surface area (Å²) >= 11 is 2.44. The average Bonchev–Trinajstić information content (AvgIpc) is 2.15. The zero-order chi connectivity index (χ0) is 8.81. The van der Waals surface area contributed by atoms with E-state index in [-0.39, 0.29) is 0 Å². The van der Waals surface area contributed by atoms with Gasteiger partial charge in [-0.05, 0) is 48.3 Å². The van der Waals surface area contributed by atoms with E-state index in [1.165, 1.54) is 47.9 Å². The largest absolute Gasteiger partial charge is 0.497 e. The first kappa shape index (κ1) is 10.4. The van der Waals surface area contributed by atoms with Crippen LogP contribution in [-0.2, 0) is 4.74 Å². The molecule has 0 N–H and O–H groups in total. The van der Waals surface area contributed by atoms with E-state index in [9.17, 15) is 0 Å². The summed E-state index contributed by atoms with van der Waals surface area (Å²) < 4.78 is 7.06. The van der Waals surface area contributed by atoms with Gasteiger partial charge in [-0.15, -0.1) is 0 Å². The number of ether oxygens (including phenoxy) is 1. The Morgan fingerprint density at radius 2 is 2.33 bits per heavy atom. The fraction of sp³-hybridized carbons (Fsp3) is 0.800. The van der Waals surface area contributed by atoms with Crippen LogP contribution in [0.5, 0.6) is 0 Å². The van der Waals surface area contributed by atoms with E-state index in [1.54, 1.807) is 0 Å². The normalized spacial score (nSPS) is 21.8. The van der Waals surface area contributed by atoms with E-state index >= 15 is 0 Å². The highest BCUT2D eigenvalue weighted by Crippen LogP contribution is 2.27. The van der Waals surface area contributed by atoms with Crippen molar-refractivity contribution >= 4 is 22.6 Å². The van der Waals surface area contributed by atoms with Gasteiger partial charge in [0.05, 0.1) is 6.61 Å². The van der Waals surface area contributed by atoms with Crippen molar-refractivity contribution in [3.8, 4) is 0 Å². The average molecular weight is 280 g/mol. The number of unbranched alkanes of at least 4 members (excludes halogenated alkanes) is 1. The van der Waals surface area contributed by atoms with E-state index in [4.69, 9.17) is 4.74 Å². The van der Waals surface area contributed by atoms with Crippen LogP contribution < -0.4 is 0 Å². The number of rotatable bonds is 3. The minimum absolute atomic E-state index is 0.938. The fourth-order valence-corrected chi connectivity index (χ4v) is 2.15. The molecule has 0 aliphatic carbocycles. The molecule has 0 amide bonds. The van der Waals surface area contributed by atoms with Crippen molar-refractivity contribution in [3.63, 3.8) is 0 Å². The second kappa shape index (κ2) is 5.84. The number of hydrogen-bond donors (Lipinski definition) is 0. The molecule has 2 heteroatoms. The molecule has 1 fully saturated rings. The SMILES string of the molecule is CCCC/C(I)=C1/CCCCO1. The molecule has 0 saturated carbocycles. The number of halogens is 1. The van der Waals surface area contributed by atoms with Crippen LogP contribution >= 0.6 is 22.6 Å². The highest BCUT2D eigenvalue weighted by molar-refractivity contribution is 14.1. The van der Waals surface area contributed by atoms with Crippen molar-refractivity contribution in [1.82, 2.24) is 0 Å². The van der Waals surface area contributed by atoms with Crippen LogP contribution in [0.15, 0.2) is 9.34 Å². The molecule has 0 radical (unpaired) electrons. The second-order valence-corrected chi connectivity index (χ2v) is 4.54. The fourth-order valence-electron chi connectivity index (χ4n) is 1.34. The van der Waals surface area contributed by atoms with E-state index in [1.807, 2.05) is 0 Å². The lowest BCUT2D eigenvalue weighted by Gasteiger charge is -2.17. The second-order valence-electron chi connectivity index (χ2n) is 3.24. The summed E-state index contributed by atoms with van der Waals surface area (Å²) in [4.78, 5) is 0. The first-order valence-corrected chi connectivity index (χ1v) is 5.92. The zero-order valence-electron chi connectivity index (χ0n) is 7.74. The minimum Gasteiger partial charge on any atom is -0.497 e. The molecule has 1 aliphatic rings. The molecule has 0 spiro atoms. The molecule has 1 heterocycles. The third-order valence-electron chi connectivity index (χ3n) is 2.13. The van der Waals surface area contributed by atoms with Gasteiger partial charge in [-0.3, -0.25) is 0 Å². The van der Waals surface area contributed by atoms with Crippen LogP contribution in [0.25, 0.3) is 0 Å². The third kappa shape index (κ3) is 3.33. The van der Waals surface area contributed by atoms with Crippen molar-refractivity contribution in [2.75, 3.05) is 6.61 Å². The van der Waals surface area contributed by atoms with Gasteiger partial charge in [0.2, 0.25) is 0 Å². The Morgan fingerprint density at radius 1 is 1.50 bits per heavy atom. The molecule has 0 atom stereocenters. The summed E-state index contributed by atoms with van der Waals surface area (Å²) in [5.41, 5.74) is 0. The smallest absolute Gasteiger partial charge is 0.105 e. The van der Waals surface area contributed by atoms with E-state index in [0.717, 1.165) is 6.61 Å². The number of allylic oxidation sites excluding steroid dienone is 2. The molecule has 0 unspecified atom stereocenters. The highest BCUT2D eigenvalue weighted by atomic mass is 127. The Morgan fingerprint density at radius 3 is 2.92 bits per heavy atom. The van der Waals surface area contributed by atoms with Gasteiger partial charge < -0.3 is 4.74 Å². The molecular formula is C10H17IO. The van der Waals surface area contributed by atoms with Gasteiger partial charge >= 0.3 is 0 Å². The Labute approximate surface area is 88.7 Å². The summed E-state index contributed by atoms with van der Waals surface area (Å²) in [6, 6.07) is 0. The molecule has 1 saturated heterocycles. The Kier molecular flexibility index (Phi) is 5.04. The lowest BCUT2D eigenvalue weighted by atomic mass is 10.1. The molecule has 0 aromatic carbocycles. The Hall–Kier alpha value is 0.270. The van der Waals surface area contributed by atoms with Crippen LogP contribution in [0.1, 0.15) is 45.4 Å². The monoisotopic (exact) mass is 280 g/mol. The first-order valence-electron chi connectivity index (χ1n) is 4.85. The maximum absolute atomic E-state index is 5.61. The molecule has 1 nitrogen and oxygen atoms in total. The predicted octanol–water partition coefficient (Wildman–Crippen LogP) is 4.02. The molecule has 0 aromatic heterocycles. The molecule has 1 rings (SSSR count). The lowest BCUT2D eigenvalue weighted by Crippen LogP contribution is -2.04. The van der Waals surface area contributed by atoms with Gasteiger partial charge in [0.25, 0.3) is 0 Å². The van der Waals surface area contributed by atoms with Crippen LogP contribution in [0.3, 0.4) is 0 Å². The van der Waals surface area contributed by atoms with Crippen molar-refractivity contribution in [2.24, 2.45) is 0 Å². The van der Waals surface area contributed by atoms with Gasteiger partial charge in [-0.25, -0.2) is 0 Å². The molecular weight excluding hydrogens is 263 g/mol. The molecule has 1 aliphatic heterocycles. The minimum atomic E-state index is 0.938. The molecule has 0 bridgehead atoms. The van der Waals surface area contributed by atoms with Crippen molar-refractivity contribution in [1.29, 1.82) is 0 Å². The third-order valence-corrected chi connectivity index (χ3v) is 3.27. The quantitative estimate of drug-likeness (QED) is 0.709. The van der Waals surface area contributed by atoms with E-state index in [2.05, 4.69) is 29.5 Å². The Balaban J connectivity index is 2.37. The maximum atomic E-state index is 5.61. The van der Waals surface area contributed by atoms with Crippen molar-refractivity contribution in [2.45, 2.75) is 45.4 Å². The van der Waals surface area contributed by atoms with Crippen LogP contribution in [0.2, 0.25) is 0 Å². The lowest BCUT2D eigenvalue weighted by molar-refractivity contribution is 0.164. The van der Waals surface area contributed by atoms with Crippen molar-refractivity contribution < 1.29 is 4.74 Å². The van der Waals surface area contributed by atoms with Crippen LogP contribution in [0.4, 0.5) is 0 Å². The van der Waals surface area contributed by atoms with Gasteiger partial charge in [-0.2, -0.15) is 0 Å². The summed E-state index contributed by atoms with van der Waals surface area (Å²) in [5.74, 6) is 1.27. The standard InChI is InChI=1S/C10H17IO/c1-2-3-6-9(11)10-7-4-5-8-12-10/h2-8H2,1H3/b10-9+. The summed E-state index contributed by atoms with van der Waals surface area (Å²) in [6.07, 6.45) is 7.51. The molecule has 70 valence electrons. The summed E-state index contributed by atoms with van der Waals surface area (Å²) in [7, 11) is 0.